The topological polar surface area (TPSA) is 30.5 Å². The monoisotopic (exact) mass is 383 g/mol. The van der Waals surface area contributed by atoms with Crippen molar-refractivity contribution in [3.63, 3.8) is 0 Å². The molecule has 0 saturated heterocycles. The van der Waals surface area contributed by atoms with E-state index >= 15 is 0 Å². The Hall–Kier alpha value is -2.28. The molecule has 2 aromatic carbocycles. The van der Waals surface area contributed by atoms with Gasteiger partial charge in [0.2, 0.25) is 0 Å². The van der Waals surface area contributed by atoms with Crippen molar-refractivity contribution in [1.29, 1.82) is 0 Å². The van der Waals surface area contributed by atoms with Gasteiger partial charge in [0.25, 0.3) is 0 Å². The fourth-order valence-electron chi connectivity index (χ4n) is 3.47. The first kappa shape index (κ1) is 19.5. The molecule has 0 amide bonds. The summed E-state index contributed by atoms with van der Waals surface area (Å²) < 4.78 is 63.3. The molecule has 2 aromatic rings. The van der Waals surface area contributed by atoms with Crippen LogP contribution >= 0.6 is 0 Å². The Morgan fingerprint density at radius 2 is 1.78 bits per heavy atom. The number of aryl methyl sites for hydroxylation is 1. The van der Waals surface area contributed by atoms with E-state index in [1.54, 1.807) is 14.2 Å². The molecule has 0 saturated carbocycles. The summed E-state index contributed by atoms with van der Waals surface area (Å²) in [5, 5.41) is 3.36. The third-order valence-corrected chi connectivity index (χ3v) is 4.88. The van der Waals surface area contributed by atoms with E-state index in [2.05, 4.69) is 5.32 Å². The first-order valence-corrected chi connectivity index (χ1v) is 8.67. The molecule has 3 nitrogen and oxygen atoms in total. The van der Waals surface area contributed by atoms with Crippen LogP contribution in [-0.2, 0) is 19.0 Å². The summed E-state index contributed by atoms with van der Waals surface area (Å²) in [4.78, 5) is 0. The first-order chi connectivity index (χ1) is 12.8. The van der Waals surface area contributed by atoms with Crippen LogP contribution in [0.5, 0.6) is 11.5 Å². The maximum Gasteiger partial charge on any atom is 0.416 e. The van der Waals surface area contributed by atoms with E-state index < -0.39 is 17.6 Å². The quantitative estimate of drug-likeness (QED) is 0.761. The van der Waals surface area contributed by atoms with Gasteiger partial charge in [0, 0.05) is 6.04 Å². The molecule has 1 aliphatic heterocycles. The van der Waals surface area contributed by atoms with Crippen LogP contribution < -0.4 is 14.8 Å². The molecule has 146 valence electrons. The van der Waals surface area contributed by atoms with Gasteiger partial charge in [0.05, 0.1) is 19.8 Å². The molecule has 1 aliphatic rings. The Bertz CT molecular complexity index is 820. The van der Waals surface area contributed by atoms with E-state index in [0.29, 0.717) is 17.9 Å². The highest BCUT2D eigenvalue weighted by Gasteiger charge is 2.31. The molecule has 7 heteroatoms. The van der Waals surface area contributed by atoms with Gasteiger partial charge in [0.15, 0.2) is 11.5 Å². The fraction of sp³-hybridized carbons (Fsp3) is 0.400. The summed E-state index contributed by atoms with van der Waals surface area (Å²) in [7, 11) is 3.12. The van der Waals surface area contributed by atoms with E-state index in [9.17, 15) is 17.6 Å². The third kappa shape index (κ3) is 4.18. The Balaban J connectivity index is 1.83. The van der Waals surface area contributed by atoms with Crippen LogP contribution in [-0.4, -0.2) is 20.8 Å². The Labute approximate surface area is 155 Å². The Kier molecular flexibility index (Phi) is 5.60. The number of rotatable bonds is 5. The van der Waals surface area contributed by atoms with Crippen LogP contribution in [0.15, 0.2) is 30.3 Å². The predicted octanol–water partition coefficient (Wildman–Crippen LogP) is 4.68. The van der Waals surface area contributed by atoms with E-state index in [0.717, 1.165) is 42.3 Å². The molecule has 0 aliphatic carbocycles. The minimum absolute atomic E-state index is 0.0687. The Morgan fingerprint density at radius 3 is 2.44 bits per heavy atom. The maximum absolute atomic E-state index is 14.0. The Morgan fingerprint density at radius 1 is 1.07 bits per heavy atom. The van der Waals surface area contributed by atoms with Crippen molar-refractivity contribution >= 4 is 0 Å². The summed E-state index contributed by atoms with van der Waals surface area (Å²) in [6.07, 6.45) is -3.01. The predicted molar refractivity (Wildman–Crippen MR) is 93.7 cm³/mol. The lowest BCUT2D eigenvalue weighted by molar-refractivity contribution is -0.137. The summed E-state index contributed by atoms with van der Waals surface area (Å²) in [5.41, 5.74) is 1.34. The molecular formula is C20H21F4NO2. The van der Waals surface area contributed by atoms with Gasteiger partial charge in [-0.3, -0.25) is 0 Å². The number of benzene rings is 2. The van der Waals surface area contributed by atoms with Crippen LogP contribution in [0, 0.1) is 5.82 Å². The molecule has 0 bridgehead atoms. The zero-order chi connectivity index (χ0) is 19.6. The average Bonchev–Trinajstić information content (AvgIpc) is 2.65. The zero-order valence-corrected chi connectivity index (χ0v) is 15.1. The van der Waals surface area contributed by atoms with Crippen molar-refractivity contribution < 1.29 is 27.0 Å². The number of fused-ring (bicyclic) bond motifs is 1. The second kappa shape index (κ2) is 7.76. The highest BCUT2D eigenvalue weighted by atomic mass is 19.4. The summed E-state index contributed by atoms with van der Waals surface area (Å²) in [5.74, 6) is 0.613. The van der Waals surface area contributed by atoms with Gasteiger partial charge in [-0.1, -0.05) is 0 Å². The molecule has 0 fully saturated rings. The van der Waals surface area contributed by atoms with Crippen LogP contribution in [0.4, 0.5) is 17.6 Å². The number of hydrogen-bond donors (Lipinski definition) is 1. The number of halogens is 4. The minimum Gasteiger partial charge on any atom is -0.493 e. The van der Waals surface area contributed by atoms with Crippen LogP contribution in [0.25, 0.3) is 0 Å². The average molecular weight is 383 g/mol. The van der Waals surface area contributed by atoms with Crippen LogP contribution in [0.1, 0.15) is 34.7 Å². The molecular weight excluding hydrogens is 362 g/mol. The van der Waals surface area contributed by atoms with Crippen molar-refractivity contribution in [3.05, 3.63) is 58.4 Å². The van der Waals surface area contributed by atoms with Crippen molar-refractivity contribution in [2.45, 2.75) is 31.5 Å². The van der Waals surface area contributed by atoms with E-state index in [1.807, 2.05) is 12.1 Å². The second-order valence-corrected chi connectivity index (χ2v) is 6.51. The molecule has 0 aromatic heterocycles. The highest BCUT2D eigenvalue weighted by Crippen LogP contribution is 2.37. The van der Waals surface area contributed by atoms with Gasteiger partial charge >= 0.3 is 6.18 Å². The molecule has 1 heterocycles. The van der Waals surface area contributed by atoms with Crippen LogP contribution in [0.3, 0.4) is 0 Å². The van der Waals surface area contributed by atoms with Gasteiger partial charge < -0.3 is 14.8 Å². The lowest BCUT2D eigenvalue weighted by atomic mass is 9.90. The van der Waals surface area contributed by atoms with Crippen molar-refractivity contribution in [3.8, 4) is 11.5 Å². The number of methoxy groups -OCH3 is 2. The number of hydrogen-bond acceptors (Lipinski definition) is 3. The van der Waals surface area contributed by atoms with Gasteiger partial charge in [-0.25, -0.2) is 4.39 Å². The number of nitrogens with one attached hydrogen (secondary N) is 1. The minimum atomic E-state index is -4.48. The van der Waals surface area contributed by atoms with Gasteiger partial charge in [-0.15, -0.1) is 0 Å². The molecule has 1 atom stereocenters. The largest absolute Gasteiger partial charge is 0.493 e. The summed E-state index contributed by atoms with van der Waals surface area (Å²) in [6, 6.07) is 6.26. The van der Waals surface area contributed by atoms with Crippen LogP contribution in [0.2, 0.25) is 0 Å². The van der Waals surface area contributed by atoms with E-state index in [1.165, 1.54) is 0 Å². The maximum atomic E-state index is 14.0. The lowest BCUT2D eigenvalue weighted by Gasteiger charge is -2.28. The lowest BCUT2D eigenvalue weighted by Crippen LogP contribution is -2.30. The van der Waals surface area contributed by atoms with Gasteiger partial charge in [0.1, 0.15) is 5.82 Å². The SMILES string of the molecule is COc1cc2c(cc1OC)C(CCc1cc(C(F)(F)F)ccc1F)NCC2. The summed E-state index contributed by atoms with van der Waals surface area (Å²) in [6.45, 7) is 0.734. The van der Waals surface area contributed by atoms with Crippen molar-refractivity contribution in [2.75, 3.05) is 20.8 Å². The molecule has 1 unspecified atom stereocenters. The highest BCUT2D eigenvalue weighted by molar-refractivity contribution is 5.49. The fourth-order valence-corrected chi connectivity index (χ4v) is 3.47. The van der Waals surface area contributed by atoms with Gasteiger partial charge in [-0.2, -0.15) is 13.2 Å². The molecule has 0 radical (unpaired) electrons. The third-order valence-electron chi connectivity index (χ3n) is 4.88. The standard InChI is InChI=1S/C20H21F4NO2/c1-26-18-10-12-7-8-25-17(15(12)11-19(18)27-2)6-3-13-9-14(20(22,23)24)4-5-16(13)21/h4-5,9-11,17,25H,3,6-8H2,1-2H3. The molecule has 3 rings (SSSR count). The molecule has 27 heavy (non-hydrogen) atoms. The van der Waals surface area contributed by atoms with Crippen molar-refractivity contribution in [2.24, 2.45) is 0 Å². The van der Waals surface area contributed by atoms with Gasteiger partial charge in [-0.05, 0) is 72.8 Å². The number of alkyl halides is 3. The smallest absolute Gasteiger partial charge is 0.416 e. The first-order valence-electron chi connectivity index (χ1n) is 8.67. The number of ether oxygens (including phenoxy) is 2. The summed E-state index contributed by atoms with van der Waals surface area (Å²) >= 11 is 0. The zero-order valence-electron chi connectivity index (χ0n) is 15.1. The van der Waals surface area contributed by atoms with E-state index in [4.69, 9.17) is 9.47 Å². The molecule has 1 N–H and O–H groups in total. The normalized spacial score (nSPS) is 16.7. The van der Waals surface area contributed by atoms with Crippen molar-refractivity contribution in [1.82, 2.24) is 5.32 Å². The molecule has 0 spiro atoms. The van der Waals surface area contributed by atoms with E-state index in [-0.39, 0.29) is 18.0 Å². The second-order valence-electron chi connectivity index (χ2n) is 6.51.